The SMILES string of the molecule is CCC(Cc1nc(N)nc2ccccc12)OCc1ccccc1. The molecule has 0 fully saturated rings. The fourth-order valence-corrected chi connectivity index (χ4v) is 2.64. The van der Waals surface area contributed by atoms with Gasteiger partial charge in [0.05, 0.1) is 23.9 Å². The lowest BCUT2D eigenvalue weighted by Gasteiger charge is -2.17. The largest absolute Gasteiger partial charge is 0.373 e. The summed E-state index contributed by atoms with van der Waals surface area (Å²) in [5.41, 5.74) is 8.86. The summed E-state index contributed by atoms with van der Waals surface area (Å²) in [4.78, 5) is 8.72. The quantitative estimate of drug-likeness (QED) is 0.753. The molecular formula is C19H21N3O. The number of fused-ring (bicyclic) bond motifs is 1. The van der Waals surface area contributed by atoms with Gasteiger partial charge in [-0.3, -0.25) is 0 Å². The first-order valence-electron chi connectivity index (χ1n) is 7.93. The topological polar surface area (TPSA) is 61.0 Å². The molecule has 0 amide bonds. The molecule has 1 unspecified atom stereocenters. The number of hydrogen-bond acceptors (Lipinski definition) is 4. The van der Waals surface area contributed by atoms with Crippen LogP contribution in [0.3, 0.4) is 0 Å². The van der Waals surface area contributed by atoms with E-state index in [1.54, 1.807) is 0 Å². The van der Waals surface area contributed by atoms with Gasteiger partial charge >= 0.3 is 0 Å². The Morgan fingerprint density at radius 1 is 1.00 bits per heavy atom. The van der Waals surface area contributed by atoms with E-state index in [1.165, 1.54) is 5.56 Å². The smallest absolute Gasteiger partial charge is 0.220 e. The number of nitrogen functional groups attached to an aromatic ring is 1. The molecule has 3 rings (SSSR count). The maximum absolute atomic E-state index is 6.07. The average Bonchev–Trinajstić information content (AvgIpc) is 2.59. The molecule has 2 N–H and O–H groups in total. The number of nitrogens with two attached hydrogens (primary N) is 1. The summed E-state index contributed by atoms with van der Waals surface area (Å²) in [5, 5.41) is 1.04. The first-order chi connectivity index (χ1) is 11.3. The van der Waals surface area contributed by atoms with Crippen molar-refractivity contribution >= 4 is 16.9 Å². The molecule has 0 aliphatic heterocycles. The highest BCUT2D eigenvalue weighted by atomic mass is 16.5. The molecule has 3 aromatic rings. The van der Waals surface area contributed by atoms with Crippen LogP contribution < -0.4 is 5.73 Å². The third-order valence-electron chi connectivity index (χ3n) is 3.90. The maximum Gasteiger partial charge on any atom is 0.220 e. The van der Waals surface area contributed by atoms with E-state index < -0.39 is 0 Å². The van der Waals surface area contributed by atoms with Crippen molar-refractivity contribution in [3.8, 4) is 0 Å². The number of ether oxygens (including phenoxy) is 1. The van der Waals surface area contributed by atoms with Crippen molar-refractivity contribution < 1.29 is 4.74 Å². The van der Waals surface area contributed by atoms with Crippen LogP contribution in [0.2, 0.25) is 0 Å². The number of hydrogen-bond donors (Lipinski definition) is 1. The van der Waals surface area contributed by atoms with E-state index in [1.807, 2.05) is 42.5 Å². The zero-order valence-electron chi connectivity index (χ0n) is 13.3. The Morgan fingerprint density at radius 3 is 2.52 bits per heavy atom. The summed E-state index contributed by atoms with van der Waals surface area (Å²) in [6.45, 7) is 2.74. The molecule has 23 heavy (non-hydrogen) atoms. The molecule has 0 bridgehead atoms. The molecule has 1 heterocycles. The third-order valence-corrected chi connectivity index (χ3v) is 3.90. The second-order valence-corrected chi connectivity index (χ2v) is 5.58. The van der Waals surface area contributed by atoms with E-state index in [0.717, 1.165) is 29.4 Å². The normalized spacial score (nSPS) is 12.4. The molecular weight excluding hydrogens is 286 g/mol. The minimum Gasteiger partial charge on any atom is -0.373 e. The van der Waals surface area contributed by atoms with Gasteiger partial charge in [0.15, 0.2) is 0 Å². The second-order valence-electron chi connectivity index (χ2n) is 5.58. The Labute approximate surface area is 136 Å². The van der Waals surface area contributed by atoms with Crippen LogP contribution in [0.4, 0.5) is 5.95 Å². The van der Waals surface area contributed by atoms with Crippen molar-refractivity contribution in [2.45, 2.75) is 32.5 Å². The molecule has 1 aromatic heterocycles. The van der Waals surface area contributed by atoms with Crippen LogP contribution in [0.1, 0.15) is 24.6 Å². The fourth-order valence-electron chi connectivity index (χ4n) is 2.64. The molecule has 118 valence electrons. The van der Waals surface area contributed by atoms with Crippen LogP contribution in [0.25, 0.3) is 10.9 Å². The highest BCUT2D eigenvalue weighted by Crippen LogP contribution is 2.20. The highest BCUT2D eigenvalue weighted by molar-refractivity contribution is 5.81. The van der Waals surface area contributed by atoms with Gasteiger partial charge < -0.3 is 10.5 Å². The van der Waals surface area contributed by atoms with Gasteiger partial charge in [-0.2, -0.15) is 0 Å². The highest BCUT2D eigenvalue weighted by Gasteiger charge is 2.13. The maximum atomic E-state index is 6.07. The van der Waals surface area contributed by atoms with Gasteiger partial charge in [0, 0.05) is 11.8 Å². The Balaban J connectivity index is 1.76. The van der Waals surface area contributed by atoms with Gasteiger partial charge in [0.1, 0.15) is 0 Å². The van der Waals surface area contributed by atoms with E-state index in [-0.39, 0.29) is 6.10 Å². The second kappa shape index (κ2) is 7.20. The standard InChI is InChI=1S/C19H21N3O/c1-2-15(23-13-14-8-4-3-5-9-14)12-18-16-10-6-7-11-17(16)21-19(20)22-18/h3-11,15H,2,12-13H2,1H3,(H2,20,21,22). The number of anilines is 1. The summed E-state index contributed by atoms with van der Waals surface area (Å²) in [7, 11) is 0. The fraction of sp³-hybridized carbons (Fsp3) is 0.263. The number of benzene rings is 2. The minimum atomic E-state index is 0.105. The van der Waals surface area contributed by atoms with Crippen molar-refractivity contribution in [1.82, 2.24) is 9.97 Å². The van der Waals surface area contributed by atoms with Crippen LogP contribution in [0.15, 0.2) is 54.6 Å². The van der Waals surface area contributed by atoms with Crippen molar-refractivity contribution in [1.29, 1.82) is 0 Å². The summed E-state index contributed by atoms with van der Waals surface area (Å²) < 4.78 is 6.07. The summed E-state index contributed by atoms with van der Waals surface area (Å²) in [6, 6.07) is 18.2. The lowest BCUT2D eigenvalue weighted by Crippen LogP contribution is -2.17. The molecule has 0 aliphatic rings. The monoisotopic (exact) mass is 307 g/mol. The van der Waals surface area contributed by atoms with E-state index in [0.29, 0.717) is 12.6 Å². The number of aromatic nitrogens is 2. The average molecular weight is 307 g/mol. The van der Waals surface area contributed by atoms with Crippen LogP contribution in [-0.4, -0.2) is 16.1 Å². The third kappa shape index (κ3) is 3.85. The Kier molecular flexibility index (Phi) is 4.83. The number of nitrogens with zero attached hydrogens (tertiary/aromatic N) is 2. The lowest BCUT2D eigenvalue weighted by molar-refractivity contribution is 0.0381. The molecule has 0 aliphatic carbocycles. The Hall–Kier alpha value is -2.46. The molecule has 0 saturated heterocycles. The molecule has 1 atom stereocenters. The Morgan fingerprint density at radius 2 is 1.74 bits per heavy atom. The van der Waals surface area contributed by atoms with E-state index >= 15 is 0 Å². The lowest BCUT2D eigenvalue weighted by atomic mass is 10.1. The van der Waals surface area contributed by atoms with Crippen molar-refractivity contribution in [3.05, 3.63) is 65.9 Å². The van der Waals surface area contributed by atoms with Gasteiger partial charge in [-0.1, -0.05) is 55.5 Å². The first-order valence-corrected chi connectivity index (χ1v) is 7.93. The molecule has 4 heteroatoms. The summed E-state index contributed by atoms with van der Waals surface area (Å²) >= 11 is 0. The predicted molar refractivity (Wildman–Crippen MR) is 93.0 cm³/mol. The Bertz CT molecular complexity index is 774. The van der Waals surface area contributed by atoms with Crippen LogP contribution in [-0.2, 0) is 17.8 Å². The van der Waals surface area contributed by atoms with Gasteiger partial charge in [0.2, 0.25) is 5.95 Å². The zero-order valence-corrected chi connectivity index (χ0v) is 13.3. The van der Waals surface area contributed by atoms with Crippen molar-refractivity contribution in [3.63, 3.8) is 0 Å². The molecule has 0 saturated carbocycles. The zero-order chi connectivity index (χ0) is 16.1. The van der Waals surface area contributed by atoms with Crippen LogP contribution >= 0.6 is 0 Å². The predicted octanol–water partition coefficient (Wildman–Crippen LogP) is 3.75. The molecule has 0 radical (unpaired) electrons. The molecule has 2 aromatic carbocycles. The van der Waals surface area contributed by atoms with Gasteiger partial charge in [-0.15, -0.1) is 0 Å². The van der Waals surface area contributed by atoms with Gasteiger partial charge in [0.25, 0.3) is 0 Å². The number of rotatable bonds is 6. The van der Waals surface area contributed by atoms with Gasteiger partial charge in [-0.05, 0) is 18.1 Å². The van der Waals surface area contributed by atoms with E-state index in [2.05, 4.69) is 29.0 Å². The summed E-state index contributed by atoms with van der Waals surface area (Å²) in [6.07, 6.45) is 1.76. The van der Waals surface area contributed by atoms with Gasteiger partial charge in [-0.25, -0.2) is 9.97 Å². The van der Waals surface area contributed by atoms with E-state index in [4.69, 9.17) is 10.5 Å². The van der Waals surface area contributed by atoms with Crippen molar-refractivity contribution in [2.75, 3.05) is 5.73 Å². The first kappa shape index (κ1) is 15.4. The minimum absolute atomic E-state index is 0.105. The summed E-state index contributed by atoms with van der Waals surface area (Å²) in [5.74, 6) is 0.316. The number of para-hydroxylation sites is 1. The van der Waals surface area contributed by atoms with Crippen molar-refractivity contribution in [2.24, 2.45) is 0 Å². The van der Waals surface area contributed by atoms with Crippen LogP contribution in [0.5, 0.6) is 0 Å². The van der Waals surface area contributed by atoms with E-state index in [9.17, 15) is 0 Å². The molecule has 0 spiro atoms. The van der Waals surface area contributed by atoms with Crippen LogP contribution in [0, 0.1) is 0 Å². The molecule has 4 nitrogen and oxygen atoms in total.